The molecular formula is C18H31N3. The molecule has 0 aliphatic heterocycles. The fourth-order valence-corrected chi connectivity index (χ4v) is 4.48. The Bertz CT molecular complexity index is 483. The summed E-state index contributed by atoms with van der Waals surface area (Å²) in [6.45, 7) is 6.85. The van der Waals surface area contributed by atoms with Gasteiger partial charge in [0.05, 0.1) is 5.69 Å². The molecule has 0 amide bonds. The van der Waals surface area contributed by atoms with Gasteiger partial charge in [-0.3, -0.25) is 0 Å². The quantitative estimate of drug-likeness (QED) is 0.851. The number of nitrogens with zero attached hydrogens (tertiary/aromatic N) is 2. The van der Waals surface area contributed by atoms with Crippen LogP contribution in [-0.2, 0) is 0 Å². The lowest BCUT2D eigenvalue weighted by atomic mass is 9.81. The van der Waals surface area contributed by atoms with Crippen molar-refractivity contribution in [3.8, 4) is 0 Å². The molecule has 2 aliphatic rings. The Balaban J connectivity index is 1.95. The van der Waals surface area contributed by atoms with Gasteiger partial charge in [0.2, 0.25) is 0 Å². The molecule has 3 heteroatoms. The number of imidazole rings is 1. The minimum absolute atomic E-state index is 0.419. The highest BCUT2D eigenvalue weighted by Gasteiger charge is 2.30. The van der Waals surface area contributed by atoms with E-state index < -0.39 is 0 Å². The van der Waals surface area contributed by atoms with Crippen LogP contribution in [0.2, 0.25) is 0 Å². The largest absolute Gasteiger partial charge is 0.384 e. The van der Waals surface area contributed by atoms with Gasteiger partial charge in [-0.25, -0.2) is 4.98 Å². The van der Waals surface area contributed by atoms with Crippen LogP contribution in [0.25, 0.3) is 0 Å². The SMILES string of the molecule is CC1CCCC(c2nc(C3CCCC3)n(C(C)C)c2N)C1. The van der Waals surface area contributed by atoms with Crippen molar-refractivity contribution < 1.29 is 0 Å². The summed E-state index contributed by atoms with van der Waals surface area (Å²) in [5, 5.41) is 0. The molecule has 0 bridgehead atoms. The molecule has 1 aromatic rings. The summed E-state index contributed by atoms with van der Waals surface area (Å²) in [5.74, 6) is 4.31. The molecule has 3 nitrogen and oxygen atoms in total. The molecule has 0 aromatic carbocycles. The van der Waals surface area contributed by atoms with Crippen molar-refractivity contribution in [1.29, 1.82) is 0 Å². The molecule has 0 saturated heterocycles. The van der Waals surface area contributed by atoms with Gasteiger partial charge < -0.3 is 10.3 Å². The Kier molecular flexibility index (Phi) is 4.28. The van der Waals surface area contributed by atoms with E-state index in [1.165, 1.54) is 62.9 Å². The second-order valence-electron chi connectivity index (χ2n) is 7.65. The van der Waals surface area contributed by atoms with Crippen LogP contribution in [0.5, 0.6) is 0 Å². The van der Waals surface area contributed by atoms with Gasteiger partial charge in [-0.05, 0) is 45.4 Å². The smallest absolute Gasteiger partial charge is 0.127 e. The molecule has 2 atom stereocenters. The lowest BCUT2D eigenvalue weighted by molar-refractivity contribution is 0.340. The van der Waals surface area contributed by atoms with Crippen molar-refractivity contribution in [1.82, 2.24) is 9.55 Å². The molecular weight excluding hydrogens is 258 g/mol. The Morgan fingerprint density at radius 3 is 2.33 bits per heavy atom. The van der Waals surface area contributed by atoms with Gasteiger partial charge >= 0.3 is 0 Å². The van der Waals surface area contributed by atoms with E-state index in [0.29, 0.717) is 17.9 Å². The zero-order chi connectivity index (χ0) is 15.0. The molecule has 2 N–H and O–H groups in total. The third kappa shape index (κ3) is 2.84. The van der Waals surface area contributed by atoms with Crippen molar-refractivity contribution in [3.05, 3.63) is 11.5 Å². The maximum atomic E-state index is 6.55. The van der Waals surface area contributed by atoms with Crippen molar-refractivity contribution in [2.45, 2.75) is 90.0 Å². The first-order valence-electron chi connectivity index (χ1n) is 8.95. The highest BCUT2D eigenvalue weighted by Crippen LogP contribution is 2.42. The Hall–Kier alpha value is -0.990. The number of aromatic nitrogens is 2. The van der Waals surface area contributed by atoms with Gasteiger partial charge in [0, 0.05) is 17.9 Å². The molecule has 1 aromatic heterocycles. The topological polar surface area (TPSA) is 43.8 Å². The van der Waals surface area contributed by atoms with Crippen LogP contribution in [-0.4, -0.2) is 9.55 Å². The zero-order valence-corrected chi connectivity index (χ0v) is 13.9. The Morgan fingerprint density at radius 2 is 1.71 bits per heavy atom. The van der Waals surface area contributed by atoms with Crippen molar-refractivity contribution in [3.63, 3.8) is 0 Å². The van der Waals surface area contributed by atoms with E-state index in [1.54, 1.807) is 0 Å². The van der Waals surface area contributed by atoms with Crippen LogP contribution in [0.4, 0.5) is 5.82 Å². The van der Waals surface area contributed by atoms with Gasteiger partial charge in [-0.2, -0.15) is 0 Å². The number of hydrogen-bond acceptors (Lipinski definition) is 2. The van der Waals surface area contributed by atoms with E-state index in [1.807, 2.05) is 0 Å². The van der Waals surface area contributed by atoms with Crippen LogP contribution in [0, 0.1) is 5.92 Å². The summed E-state index contributed by atoms with van der Waals surface area (Å²) >= 11 is 0. The minimum atomic E-state index is 0.419. The van der Waals surface area contributed by atoms with Crippen LogP contribution < -0.4 is 5.73 Å². The molecule has 1 heterocycles. The predicted molar refractivity (Wildman–Crippen MR) is 88.6 cm³/mol. The van der Waals surface area contributed by atoms with Crippen LogP contribution >= 0.6 is 0 Å². The maximum absolute atomic E-state index is 6.55. The van der Waals surface area contributed by atoms with E-state index >= 15 is 0 Å². The third-order valence-electron chi connectivity index (χ3n) is 5.56. The summed E-state index contributed by atoms with van der Waals surface area (Å²) in [4.78, 5) is 5.11. The van der Waals surface area contributed by atoms with Gasteiger partial charge in [0.15, 0.2) is 0 Å². The molecule has 2 fully saturated rings. The first-order valence-corrected chi connectivity index (χ1v) is 8.95. The average molecular weight is 289 g/mol. The Labute approximate surface area is 129 Å². The fourth-order valence-electron chi connectivity index (χ4n) is 4.48. The molecule has 2 aliphatic carbocycles. The van der Waals surface area contributed by atoms with Crippen LogP contribution in [0.15, 0.2) is 0 Å². The summed E-state index contributed by atoms with van der Waals surface area (Å²) in [7, 11) is 0. The molecule has 2 unspecified atom stereocenters. The Morgan fingerprint density at radius 1 is 1.05 bits per heavy atom. The second kappa shape index (κ2) is 6.02. The molecule has 21 heavy (non-hydrogen) atoms. The number of hydrogen-bond donors (Lipinski definition) is 1. The van der Waals surface area contributed by atoms with E-state index in [0.717, 1.165) is 11.7 Å². The summed E-state index contributed by atoms with van der Waals surface area (Å²) in [5.41, 5.74) is 7.77. The zero-order valence-electron chi connectivity index (χ0n) is 13.9. The lowest BCUT2D eigenvalue weighted by Crippen LogP contribution is -2.14. The second-order valence-corrected chi connectivity index (χ2v) is 7.65. The number of nitrogens with two attached hydrogens (primary N) is 1. The molecule has 0 radical (unpaired) electrons. The van der Waals surface area contributed by atoms with Gasteiger partial charge in [-0.1, -0.05) is 32.6 Å². The fraction of sp³-hybridized carbons (Fsp3) is 0.833. The highest BCUT2D eigenvalue weighted by atomic mass is 15.2. The number of rotatable bonds is 3. The molecule has 0 spiro atoms. The van der Waals surface area contributed by atoms with Crippen molar-refractivity contribution >= 4 is 5.82 Å². The molecule has 3 rings (SSSR count). The average Bonchev–Trinajstić information content (AvgIpc) is 3.05. The first kappa shape index (κ1) is 14.9. The van der Waals surface area contributed by atoms with Crippen LogP contribution in [0.3, 0.4) is 0 Å². The summed E-state index contributed by atoms with van der Waals surface area (Å²) < 4.78 is 2.34. The van der Waals surface area contributed by atoms with Gasteiger partial charge in [0.1, 0.15) is 11.6 Å². The van der Waals surface area contributed by atoms with Crippen molar-refractivity contribution in [2.75, 3.05) is 5.73 Å². The first-order chi connectivity index (χ1) is 10.1. The highest BCUT2D eigenvalue weighted by molar-refractivity contribution is 5.42. The lowest BCUT2D eigenvalue weighted by Gasteiger charge is -2.26. The summed E-state index contributed by atoms with van der Waals surface area (Å²) in [6.07, 6.45) is 10.5. The third-order valence-corrected chi connectivity index (χ3v) is 5.56. The maximum Gasteiger partial charge on any atom is 0.127 e. The molecule has 118 valence electrons. The van der Waals surface area contributed by atoms with Crippen LogP contribution in [0.1, 0.15) is 102 Å². The van der Waals surface area contributed by atoms with E-state index in [4.69, 9.17) is 10.7 Å². The summed E-state index contributed by atoms with van der Waals surface area (Å²) in [6, 6.07) is 0.419. The monoisotopic (exact) mass is 289 g/mol. The normalized spacial score (nSPS) is 27.6. The van der Waals surface area contributed by atoms with E-state index in [-0.39, 0.29) is 0 Å². The molecule has 2 saturated carbocycles. The van der Waals surface area contributed by atoms with E-state index in [2.05, 4.69) is 25.3 Å². The van der Waals surface area contributed by atoms with Gasteiger partial charge in [0.25, 0.3) is 0 Å². The number of anilines is 1. The minimum Gasteiger partial charge on any atom is -0.384 e. The number of nitrogen functional groups attached to an aromatic ring is 1. The van der Waals surface area contributed by atoms with E-state index in [9.17, 15) is 0 Å². The van der Waals surface area contributed by atoms with Crippen molar-refractivity contribution in [2.24, 2.45) is 5.92 Å². The predicted octanol–water partition coefficient (Wildman–Crippen LogP) is 5.00. The van der Waals surface area contributed by atoms with Gasteiger partial charge in [-0.15, -0.1) is 0 Å². The standard InChI is InChI=1S/C18H31N3/c1-12(2)21-17(19)16(15-10-6-7-13(3)11-15)20-18(21)14-8-4-5-9-14/h12-15H,4-11,19H2,1-3H3.